The molecule has 0 spiro atoms. The average molecular weight is 898 g/mol. The van der Waals surface area contributed by atoms with Gasteiger partial charge in [0.1, 0.15) is 0 Å². The van der Waals surface area contributed by atoms with E-state index in [1.807, 2.05) is 0 Å². The lowest BCUT2D eigenvalue weighted by Crippen LogP contribution is -2.48. The topological polar surface area (TPSA) is 148 Å². The molecule has 0 aromatic heterocycles. The SMILES string of the molecule is CCCCCCCCCCCCOC(=O)CCSCCCC(N)=NCCNCCN1CCN(CCN=C(N)CCCSCCC(=O)OCCCCCCCCCCCC)CC1. The van der Waals surface area contributed by atoms with Crippen LogP contribution in [0, 0.1) is 0 Å². The van der Waals surface area contributed by atoms with Gasteiger partial charge in [-0.1, -0.05) is 129 Å². The van der Waals surface area contributed by atoms with Crippen LogP contribution in [-0.2, 0) is 19.1 Å². The highest BCUT2D eigenvalue weighted by Crippen LogP contribution is 2.13. The average Bonchev–Trinajstić information content (AvgIpc) is 3.26. The maximum Gasteiger partial charge on any atom is 0.306 e. The van der Waals surface area contributed by atoms with Crippen LogP contribution in [0.4, 0.5) is 0 Å². The van der Waals surface area contributed by atoms with Crippen LogP contribution < -0.4 is 16.8 Å². The summed E-state index contributed by atoms with van der Waals surface area (Å²) in [6.45, 7) is 15.2. The minimum atomic E-state index is -0.0672. The number of nitrogens with one attached hydrogen (secondary N) is 1. The normalized spacial score (nSPS) is 14.2. The quantitative estimate of drug-likeness (QED) is 0.0232. The maximum atomic E-state index is 12.0. The molecule has 1 aliphatic rings. The molecule has 0 aromatic rings. The Morgan fingerprint density at radius 3 is 1.33 bits per heavy atom. The lowest BCUT2D eigenvalue weighted by molar-refractivity contribution is -0.144. The zero-order valence-electron chi connectivity index (χ0n) is 39.6. The molecule has 0 aliphatic carbocycles. The summed E-state index contributed by atoms with van der Waals surface area (Å²) in [6.07, 6.45) is 30.3. The summed E-state index contributed by atoms with van der Waals surface area (Å²) in [7, 11) is 0. The van der Waals surface area contributed by atoms with Crippen LogP contribution in [0.3, 0.4) is 0 Å². The Balaban J connectivity index is 1.88. The Bertz CT molecular complexity index is 1060. The summed E-state index contributed by atoms with van der Waals surface area (Å²) in [4.78, 5) is 38.2. The van der Waals surface area contributed by atoms with Gasteiger partial charge < -0.3 is 26.3 Å². The van der Waals surface area contributed by atoms with E-state index in [-0.39, 0.29) is 11.9 Å². The van der Waals surface area contributed by atoms with Crippen molar-refractivity contribution in [1.82, 2.24) is 15.1 Å². The van der Waals surface area contributed by atoms with Crippen LogP contribution >= 0.6 is 23.5 Å². The molecular weight excluding hydrogens is 803 g/mol. The smallest absolute Gasteiger partial charge is 0.306 e. The number of esters is 2. The number of hydrogen-bond acceptors (Lipinski definition) is 11. The van der Waals surface area contributed by atoms with E-state index in [0.717, 1.165) is 145 Å². The Morgan fingerprint density at radius 1 is 0.492 bits per heavy atom. The zero-order valence-corrected chi connectivity index (χ0v) is 41.2. The van der Waals surface area contributed by atoms with Gasteiger partial charge in [-0.15, -0.1) is 0 Å². The number of nitrogens with two attached hydrogens (primary N) is 2. The third-order valence-electron chi connectivity index (χ3n) is 11.3. The van der Waals surface area contributed by atoms with Crippen LogP contribution in [0.15, 0.2) is 9.98 Å². The minimum Gasteiger partial charge on any atom is -0.466 e. The van der Waals surface area contributed by atoms with Gasteiger partial charge in [0, 0.05) is 76.7 Å². The molecule has 1 fully saturated rings. The fourth-order valence-electron chi connectivity index (χ4n) is 7.29. The first-order valence-corrected chi connectivity index (χ1v) is 27.4. The van der Waals surface area contributed by atoms with E-state index in [1.54, 1.807) is 23.5 Å². The predicted octanol–water partition coefficient (Wildman–Crippen LogP) is 9.64. The van der Waals surface area contributed by atoms with Gasteiger partial charge in [0.05, 0.1) is 50.8 Å². The molecular formula is C48H95N7O4S2. The monoisotopic (exact) mass is 898 g/mol. The third kappa shape index (κ3) is 40.9. The van der Waals surface area contributed by atoms with Crippen LogP contribution in [0.2, 0.25) is 0 Å². The number of thioether (sulfide) groups is 2. The second-order valence-electron chi connectivity index (χ2n) is 16.9. The summed E-state index contributed by atoms with van der Waals surface area (Å²) in [5.74, 6) is 4.92. The zero-order chi connectivity index (χ0) is 44.1. The molecule has 0 bridgehead atoms. The van der Waals surface area contributed by atoms with Crippen molar-refractivity contribution in [2.45, 2.75) is 181 Å². The van der Waals surface area contributed by atoms with Crippen molar-refractivity contribution in [3.63, 3.8) is 0 Å². The predicted molar refractivity (Wildman–Crippen MR) is 267 cm³/mol. The van der Waals surface area contributed by atoms with Crippen molar-refractivity contribution in [3.05, 3.63) is 0 Å². The number of hydrogen-bond donors (Lipinski definition) is 3. The number of ether oxygens (including phenoxy) is 2. The van der Waals surface area contributed by atoms with Gasteiger partial charge in [0.15, 0.2) is 0 Å². The summed E-state index contributed by atoms with van der Waals surface area (Å²) < 4.78 is 10.8. The molecule has 1 saturated heterocycles. The molecule has 1 rings (SSSR count). The van der Waals surface area contributed by atoms with E-state index in [1.165, 1.54) is 103 Å². The lowest BCUT2D eigenvalue weighted by Gasteiger charge is -2.34. The second-order valence-corrected chi connectivity index (χ2v) is 19.4. The Hall–Kier alpha value is -1.54. The summed E-state index contributed by atoms with van der Waals surface area (Å²) in [5, 5.41) is 3.51. The number of nitrogens with zero attached hydrogens (tertiary/aromatic N) is 4. The van der Waals surface area contributed by atoms with Crippen molar-refractivity contribution < 1.29 is 19.1 Å². The molecule has 11 nitrogen and oxygen atoms in total. The van der Waals surface area contributed by atoms with Gasteiger partial charge in [0.2, 0.25) is 0 Å². The molecule has 61 heavy (non-hydrogen) atoms. The molecule has 0 amide bonds. The molecule has 13 heteroatoms. The molecule has 1 aliphatic heterocycles. The van der Waals surface area contributed by atoms with Crippen molar-refractivity contribution >= 4 is 47.1 Å². The molecule has 0 unspecified atom stereocenters. The summed E-state index contributed by atoms with van der Waals surface area (Å²) >= 11 is 3.59. The van der Waals surface area contributed by atoms with Gasteiger partial charge in [-0.3, -0.25) is 29.4 Å². The van der Waals surface area contributed by atoms with Gasteiger partial charge in [-0.25, -0.2) is 0 Å². The van der Waals surface area contributed by atoms with Crippen LogP contribution in [-0.4, -0.2) is 135 Å². The highest BCUT2D eigenvalue weighted by molar-refractivity contribution is 7.99. The number of carbonyl (C=O) groups excluding carboxylic acids is 2. The van der Waals surface area contributed by atoms with E-state index in [9.17, 15) is 9.59 Å². The highest BCUT2D eigenvalue weighted by atomic mass is 32.2. The largest absolute Gasteiger partial charge is 0.466 e. The summed E-state index contributed by atoms with van der Waals surface area (Å²) in [6, 6.07) is 0. The number of amidine groups is 2. The van der Waals surface area contributed by atoms with E-state index < -0.39 is 0 Å². The van der Waals surface area contributed by atoms with Gasteiger partial charge in [0.25, 0.3) is 0 Å². The molecule has 5 N–H and O–H groups in total. The first kappa shape index (κ1) is 57.5. The fraction of sp³-hybridized carbons (Fsp3) is 0.917. The number of unbranched alkanes of at least 4 members (excludes halogenated alkanes) is 18. The van der Waals surface area contributed by atoms with Gasteiger partial charge >= 0.3 is 11.9 Å². The van der Waals surface area contributed by atoms with Crippen molar-refractivity contribution in [2.24, 2.45) is 21.5 Å². The Kier molecular flexibility index (Phi) is 42.4. The van der Waals surface area contributed by atoms with Crippen LogP contribution in [0.25, 0.3) is 0 Å². The van der Waals surface area contributed by atoms with Gasteiger partial charge in [-0.05, 0) is 37.2 Å². The van der Waals surface area contributed by atoms with Crippen molar-refractivity contribution in [2.75, 3.05) is 102 Å². The maximum absolute atomic E-state index is 12.0. The van der Waals surface area contributed by atoms with E-state index in [4.69, 9.17) is 20.9 Å². The molecule has 0 atom stereocenters. The lowest BCUT2D eigenvalue weighted by atomic mass is 10.1. The Morgan fingerprint density at radius 2 is 0.885 bits per heavy atom. The number of carbonyl (C=O) groups is 2. The number of piperazine rings is 1. The summed E-state index contributed by atoms with van der Waals surface area (Å²) in [5.41, 5.74) is 12.3. The first-order valence-electron chi connectivity index (χ1n) is 25.1. The van der Waals surface area contributed by atoms with Crippen molar-refractivity contribution in [3.8, 4) is 0 Å². The van der Waals surface area contributed by atoms with Crippen LogP contribution in [0.1, 0.15) is 181 Å². The fourth-order valence-corrected chi connectivity index (χ4v) is 9.02. The molecule has 0 radical (unpaired) electrons. The van der Waals surface area contributed by atoms with Crippen LogP contribution in [0.5, 0.6) is 0 Å². The number of aliphatic imine (C=N–C) groups is 2. The minimum absolute atomic E-state index is 0.0646. The van der Waals surface area contributed by atoms with Crippen molar-refractivity contribution in [1.29, 1.82) is 0 Å². The third-order valence-corrected chi connectivity index (χ3v) is 13.4. The molecule has 0 saturated carbocycles. The van der Waals surface area contributed by atoms with E-state index >= 15 is 0 Å². The second kappa shape index (κ2) is 45.0. The van der Waals surface area contributed by atoms with E-state index in [0.29, 0.717) is 32.6 Å². The van der Waals surface area contributed by atoms with Gasteiger partial charge in [-0.2, -0.15) is 23.5 Å². The molecule has 358 valence electrons. The first-order chi connectivity index (χ1) is 29.9. The molecule has 1 heterocycles. The molecule has 0 aromatic carbocycles. The highest BCUT2D eigenvalue weighted by Gasteiger charge is 2.16. The van der Waals surface area contributed by atoms with E-state index in [2.05, 4.69) is 38.9 Å². The standard InChI is InChI=1S/C48H95N7O4S2/c1-3-5-7-9-11-13-15-17-19-21-39-58-47(56)27-43-60-41-23-25-45(49)52-30-29-51-31-33-54-35-37-55(38-36-54)34-32-53-46(50)26-24-42-61-44-28-48(57)59-40-22-20-18-16-14-12-10-8-6-4-2/h51H,3-44H2,1-2H3,(H2,49,52)(H2,50,53). The number of rotatable bonds is 45. The Labute approximate surface area is 383 Å².